The lowest BCUT2D eigenvalue weighted by molar-refractivity contribution is 0.175. The van der Waals surface area contributed by atoms with Gasteiger partial charge >= 0.3 is 6.09 Å². The van der Waals surface area contributed by atoms with Crippen LogP contribution in [0.15, 0.2) is 54.6 Å². The Bertz CT molecular complexity index is 1070. The molecule has 0 radical (unpaired) electrons. The highest BCUT2D eigenvalue weighted by Gasteiger charge is 2.43. The SMILES string of the molecule is Cc1nc(NC(C)c2ccc(Oc3ccccc3)cc2)nc(N2C(=O)OCC2(C)C)n1. The number of carbonyl (C=O) groups excluding carboxylic acids is 1. The number of amides is 1. The summed E-state index contributed by atoms with van der Waals surface area (Å²) in [7, 11) is 0. The highest BCUT2D eigenvalue weighted by molar-refractivity contribution is 5.89. The Morgan fingerprint density at radius 1 is 1.03 bits per heavy atom. The van der Waals surface area contributed by atoms with Crippen LogP contribution in [0.2, 0.25) is 0 Å². The molecule has 1 unspecified atom stereocenters. The minimum absolute atomic E-state index is 0.0704. The van der Waals surface area contributed by atoms with Crippen LogP contribution in [0.3, 0.4) is 0 Å². The fourth-order valence-electron chi connectivity index (χ4n) is 3.33. The number of hydrogen-bond donors (Lipinski definition) is 1. The minimum Gasteiger partial charge on any atom is -0.457 e. The third-order valence-corrected chi connectivity index (χ3v) is 4.98. The Balaban J connectivity index is 1.49. The number of nitrogens with zero attached hydrogens (tertiary/aromatic N) is 4. The van der Waals surface area contributed by atoms with E-state index in [9.17, 15) is 4.79 Å². The van der Waals surface area contributed by atoms with Crippen LogP contribution in [-0.4, -0.2) is 33.2 Å². The van der Waals surface area contributed by atoms with Gasteiger partial charge in [0.1, 0.15) is 23.9 Å². The molecule has 8 heteroatoms. The molecule has 0 saturated carbocycles. The van der Waals surface area contributed by atoms with Gasteiger partial charge in [0.15, 0.2) is 0 Å². The predicted octanol–water partition coefficient (Wildman–Crippen LogP) is 4.88. The fourth-order valence-corrected chi connectivity index (χ4v) is 3.33. The van der Waals surface area contributed by atoms with Crippen LogP contribution >= 0.6 is 0 Å². The molecule has 8 nitrogen and oxygen atoms in total. The Morgan fingerprint density at radius 3 is 2.35 bits per heavy atom. The molecule has 1 aromatic heterocycles. The maximum absolute atomic E-state index is 12.2. The van der Waals surface area contributed by atoms with E-state index in [1.54, 1.807) is 6.92 Å². The van der Waals surface area contributed by atoms with E-state index in [1.165, 1.54) is 4.90 Å². The summed E-state index contributed by atoms with van der Waals surface area (Å²) in [5, 5.41) is 3.29. The van der Waals surface area contributed by atoms with Crippen molar-refractivity contribution in [3.05, 3.63) is 66.0 Å². The molecule has 1 fully saturated rings. The van der Waals surface area contributed by atoms with Crippen molar-refractivity contribution in [1.82, 2.24) is 15.0 Å². The topological polar surface area (TPSA) is 89.5 Å². The number of benzene rings is 2. The average Bonchev–Trinajstić information content (AvgIpc) is 3.01. The molecule has 3 aromatic rings. The molecule has 0 spiro atoms. The Labute approximate surface area is 181 Å². The molecular weight excluding hydrogens is 394 g/mol. The van der Waals surface area contributed by atoms with Crippen molar-refractivity contribution < 1.29 is 14.3 Å². The summed E-state index contributed by atoms with van der Waals surface area (Å²) in [6.07, 6.45) is -0.455. The van der Waals surface area contributed by atoms with Gasteiger partial charge in [-0.3, -0.25) is 0 Å². The number of ether oxygens (including phenoxy) is 2. The molecule has 1 amide bonds. The predicted molar refractivity (Wildman–Crippen MR) is 117 cm³/mol. The number of aromatic nitrogens is 3. The van der Waals surface area contributed by atoms with Crippen LogP contribution in [0, 0.1) is 6.92 Å². The van der Waals surface area contributed by atoms with Gasteiger partial charge < -0.3 is 14.8 Å². The van der Waals surface area contributed by atoms with E-state index in [2.05, 4.69) is 20.3 Å². The zero-order chi connectivity index (χ0) is 22.0. The van der Waals surface area contributed by atoms with Crippen molar-refractivity contribution >= 4 is 18.0 Å². The summed E-state index contributed by atoms with van der Waals surface area (Å²) in [6, 6.07) is 17.4. The molecule has 1 N–H and O–H groups in total. The van der Waals surface area contributed by atoms with Gasteiger partial charge in [-0.2, -0.15) is 15.0 Å². The lowest BCUT2D eigenvalue weighted by Gasteiger charge is -2.26. The fraction of sp³-hybridized carbons (Fsp3) is 0.304. The van der Waals surface area contributed by atoms with E-state index < -0.39 is 11.6 Å². The second kappa shape index (κ2) is 8.22. The third-order valence-electron chi connectivity index (χ3n) is 4.98. The van der Waals surface area contributed by atoms with Crippen LogP contribution in [0.1, 0.15) is 38.2 Å². The largest absolute Gasteiger partial charge is 0.457 e. The number of aryl methyl sites for hydroxylation is 1. The van der Waals surface area contributed by atoms with Gasteiger partial charge in [0.2, 0.25) is 11.9 Å². The molecule has 2 aromatic carbocycles. The number of para-hydroxylation sites is 1. The first kappa shape index (κ1) is 20.6. The quantitative estimate of drug-likeness (QED) is 0.609. The number of cyclic esters (lactones) is 1. The first-order valence-electron chi connectivity index (χ1n) is 10.1. The van der Waals surface area contributed by atoms with E-state index >= 15 is 0 Å². The lowest BCUT2D eigenvalue weighted by Crippen LogP contribution is -2.43. The summed E-state index contributed by atoms with van der Waals surface area (Å²) in [6.45, 7) is 7.88. The molecule has 1 saturated heterocycles. The summed E-state index contributed by atoms with van der Waals surface area (Å²) in [5.74, 6) is 2.74. The van der Waals surface area contributed by atoms with Gasteiger partial charge in [0.05, 0.1) is 11.6 Å². The number of anilines is 2. The first-order chi connectivity index (χ1) is 14.8. The van der Waals surface area contributed by atoms with Crippen LogP contribution in [-0.2, 0) is 4.74 Å². The summed E-state index contributed by atoms with van der Waals surface area (Å²) in [5.41, 5.74) is 0.517. The summed E-state index contributed by atoms with van der Waals surface area (Å²) in [4.78, 5) is 26.8. The molecule has 1 atom stereocenters. The second-order valence-electron chi connectivity index (χ2n) is 8.06. The van der Waals surface area contributed by atoms with Gasteiger partial charge in [-0.25, -0.2) is 9.69 Å². The van der Waals surface area contributed by atoms with E-state index in [4.69, 9.17) is 9.47 Å². The van der Waals surface area contributed by atoms with Crippen molar-refractivity contribution in [3.8, 4) is 11.5 Å². The average molecular weight is 419 g/mol. The molecule has 2 heterocycles. The van der Waals surface area contributed by atoms with Crippen LogP contribution in [0.4, 0.5) is 16.7 Å². The van der Waals surface area contributed by atoms with E-state index in [-0.39, 0.29) is 18.6 Å². The summed E-state index contributed by atoms with van der Waals surface area (Å²) < 4.78 is 11.0. The molecular formula is C23H25N5O3. The molecule has 0 bridgehead atoms. The molecule has 1 aliphatic rings. The van der Waals surface area contributed by atoms with Gasteiger partial charge in [-0.05, 0) is 57.5 Å². The number of nitrogens with one attached hydrogen (secondary N) is 1. The number of carbonyl (C=O) groups is 1. The number of hydrogen-bond acceptors (Lipinski definition) is 7. The van der Waals surface area contributed by atoms with Crippen LogP contribution < -0.4 is 15.0 Å². The monoisotopic (exact) mass is 419 g/mol. The smallest absolute Gasteiger partial charge is 0.417 e. The molecule has 160 valence electrons. The summed E-state index contributed by atoms with van der Waals surface area (Å²) >= 11 is 0. The maximum Gasteiger partial charge on any atom is 0.417 e. The number of rotatable bonds is 6. The molecule has 31 heavy (non-hydrogen) atoms. The van der Waals surface area contributed by atoms with Gasteiger partial charge in [0, 0.05) is 0 Å². The van der Waals surface area contributed by atoms with E-state index in [0.717, 1.165) is 17.1 Å². The van der Waals surface area contributed by atoms with Crippen molar-refractivity contribution in [3.63, 3.8) is 0 Å². The Hall–Kier alpha value is -3.68. The first-order valence-corrected chi connectivity index (χ1v) is 10.1. The highest BCUT2D eigenvalue weighted by Crippen LogP contribution is 2.29. The van der Waals surface area contributed by atoms with E-state index in [1.807, 2.05) is 75.4 Å². The van der Waals surface area contributed by atoms with Crippen molar-refractivity contribution in [1.29, 1.82) is 0 Å². The van der Waals surface area contributed by atoms with Crippen LogP contribution in [0.5, 0.6) is 11.5 Å². The molecule has 1 aliphatic heterocycles. The Morgan fingerprint density at radius 2 is 1.71 bits per heavy atom. The molecule has 4 rings (SSSR count). The Kier molecular flexibility index (Phi) is 5.46. The molecule has 0 aliphatic carbocycles. The second-order valence-corrected chi connectivity index (χ2v) is 8.06. The standard InChI is InChI=1S/C23H25N5O3/c1-15(17-10-12-19(13-11-17)31-18-8-6-5-7-9-18)24-20-25-16(2)26-21(27-20)28-22(29)30-14-23(28,3)4/h5-13,15H,14H2,1-4H3,(H,24,25,26,27). The maximum atomic E-state index is 12.2. The van der Waals surface area contributed by atoms with Gasteiger partial charge in [-0.15, -0.1) is 0 Å². The zero-order valence-corrected chi connectivity index (χ0v) is 18.0. The van der Waals surface area contributed by atoms with Crippen molar-refractivity contribution in [2.24, 2.45) is 0 Å². The van der Waals surface area contributed by atoms with E-state index in [0.29, 0.717) is 11.8 Å². The normalized spacial score (nSPS) is 16.0. The van der Waals surface area contributed by atoms with Crippen molar-refractivity contribution in [2.45, 2.75) is 39.3 Å². The zero-order valence-electron chi connectivity index (χ0n) is 18.0. The van der Waals surface area contributed by atoms with Crippen molar-refractivity contribution in [2.75, 3.05) is 16.8 Å². The minimum atomic E-state index is -0.525. The lowest BCUT2D eigenvalue weighted by atomic mass is 10.1. The van der Waals surface area contributed by atoms with Crippen LogP contribution in [0.25, 0.3) is 0 Å². The van der Waals surface area contributed by atoms with Gasteiger partial charge in [-0.1, -0.05) is 30.3 Å². The third kappa shape index (κ3) is 4.58. The van der Waals surface area contributed by atoms with Gasteiger partial charge in [0.25, 0.3) is 0 Å². The highest BCUT2D eigenvalue weighted by atomic mass is 16.6.